The largest absolute Gasteiger partial charge is 0.461 e. The summed E-state index contributed by atoms with van der Waals surface area (Å²) in [5.41, 5.74) is 0.280. The Morgan fingerprint density at radius 1 is 1.39 bits per heavy atom. The van der Waals surface area contributed by atoms with Gasteiger partial charge in [0, 0.05) is 0 Å². The number of hydrogen-bond donors (Lipinski definition) is 0. The molecule has 1 fully saturated rings. The number of ether oxygens (including phenoxy) is 3. The van der Waals surface area contributed by atoms with E-state index in [-0.39, 0.29) is 17.7 Å². The SMILES string of the molecule is CCCC1ON=C(C(=O)OCC)C1C1OCCO1. The number of rotatable bonds is 5. The summed E-state index contributed by atoms with van der Waals surface area (Å²) in [6.45, 7) is 5.20. The van der Waals surface area contributed by atoms with E-state index in [0.717, 1.165) is 12.8 Å². The van der Waals surface area contributed by atoms with Crippen molar-refractivity contribution in [3.8, 4) is 0 Å². The summed E-state index contributed by atoms with van der Waals surface area (Å²) in [6, 6.07) is 0. The van der Waals surface area contributed by atoms with Crippen LogP contribution in [-0.2, 0) is 23.8 Å². The summed E-state index contributed by atoms with van der Waals surface area (Å²) in [7, 11) is 0. The van der Waals surface area contributed by atoms with Gasteiger partial charge in [-0.05, 0) is 13.3 Å². The highest BCUT2D eigenvalue weighted by molar-refractivity contribution is 6.37. The lowest BCUT2D eigenvalue weighted by molar-refractivity contribution is -0.136. The number of carbonyl (C=O) groups excluding carboxylic acids is 1. The molecule has 2 aliphatic heterocycles. The zero-order valence-electron chi connectivity index (χ0n) is 10.8. The van der Waals surface area contributed by atoms with Crippen molar-refractivity contribution in [2.75, 3.05) is 19.8 Å². The molecule has 102 valence electrons. The Labute approximate surface area is 106 Å². The molecule has 6 heteroatoms. The predicted molar refractivity (Wildman–Crippen MR) is 63.0 cm³/mol. The average Bonchev–Trinajstić information content (AvgIpc) is 2.97. The minimum atomic E-state index is -0.452. The molecule has 0 bridgehead atoms. The Kier molecular flexibility index (Phi) is 4.54. The Balaban J connectivity index is 2.09. The molecule has 0 saturated carbocycles. The van der Waals surface area contributed by atoms with E-state index < -0.39 is 12.3 Å². The summed E-state index contributed by atoms with van der Waals surface area (Å²) >= 11 is 0. The number of nitrogens with zero attached hydrogens (tertiary/aromatic N) is 1. The summed E-state index contributed by atoms with van der Waals surface area (Å²) < 4.78 is 15.9. The Bertz CT molecular complexity index is 324. The number of carbonyl (C=O) groups is 1. The zero-order chi connectivity index (χ0) is 13.0. The van der Waals surface area contributed by atoms with E-state index in [1.807, 2.05) is 0 Å². The van der Waals surface area contributed by atoms with Crippen LogP contribution in [0.1, 0.15) is 26.7 Å². The highest BCUT2D eigenvalue weighted by Gasteiger charge is 2.46. The molecule has 1 saturated heterocycles. The van der Waals surface area contributed by atoms with E-state index in [0.29, 0.717) is 19.8 Å². The molecular formula is C12H19NO5. The lowest BCUT2D eigenvalue weighted by atomic mass is 9.93. The molecule has 18 heavy (non-hydrogen) atoms. The molecule has 0 spiro atoms. The second-order valence-electron chi connectivity index (χ2n) is 4.27. The monoisotopic (exact) mass is 257 g/mol. The summed E-state index contributed by atoms with van der Waals surface area (Å²) in [4.78, 5) is 17.1. The molecule has 6 nitrogen and oxygen atoms in total. The van der Waals surface area contributed by atoms with Crippen LogP contribution in [0.4, 0.5) is 0 Å². The number of oxime groups is 1. The smallest absolute Gasteiger partial charge is 0.356 e. The maximum atomic E-state index is 11.8. The van der Waals surface area contributed by atoms with E-state index in [4.69, 9.17) is 19.0 Å². The molecule has 0 aromatic rings. The first kappa shape index (κ1) is 13.3. The van der Waals surface area contributed by atoms with Crippen LogP contribution in [-0.4, -0.2) is 43.9 Å². The third-order valence-electron chi connectivity index (χ3n) is 3.00. The Morgan fingerprint density at radius 2 is 2.11 bits per heavy atom. The van der Waals surface area contributed by atoms with Gasteiger partial charge in [-0.2, -0.15) is 0 Å². The van der Waals surface area contributed by atoms with Crippen LogP contribution in [0.5, 0.6) is 0 Å². The van der Waals surface area contributed by atoms with Crippen LogP contribution < -0.4 is 0 Å². The summed E-state index contributed by atoms with van der Waals surface area (Å²) in [5, 5.41) is 3.86. The molecule has 0 radical (unpaired) electrons. The zero-order valence-corrected chi connectivity index (χ0v) is 10.8. The number of hydrogen-bond acceptors (Lipinski definition) is 6. The van der Waals surface area contributed by atoms with Crippen LogP contribution in [0.2, 0.25) is 0 Å². The van der Waals surface area contributed by atoms with Gasteiger partial charge >= 0.3 is 5.97 Å². The molecule has 0 aromatic heterocycles. The molecule has 0 aromatic carbocycles. The minimum absolute atomic E-state index is 0.169. The maximum absolute atomic E-state index is 11.8. The molecule has 2 aliphatic rings. The van der Waals surface area contributed by atoms with Gasteiger partial charge in [0.25, 0.3) is 0 Å². The Hall–Kier alpha value is -1.14. The normalized spacial score (nSPS) is 28.0. The van der Waals surface area contributed by atoms with Gasteiger partial charge < -0.3 is 19.0 Å². The molecule has 2 heterocycles. The third-order valence-corrected chi connectivity index (χ3v) is 3.00. The lowest BCUT2D eigenvalue weighted by Crippen LogP contribution is -2.39. The average molecular weight is 257 g/mol. The van der Waals surface area contributed by atoms with Gasteiger partial charge in [0.05, 0.1) is 19.8 Å². The highest BCUT2D eigenvalue weighted by atomic mass is 16.7. The van der Waals surface area contributed by atoms with Crippen molar-refractivity contribution in [1.29, 1.82) is 0 Å². The molecule has 2 atom stereocenters. The van der Waals surface area contributed by atoms with Crippen molar-refractivity contribution >= 4 is 11.7 Å². The van der Waals surface area contributed by atoms with Gasteiger partial charge in [0.15, 0.2) is 12.0 Å². The van der Waals surface area contributed by atoms with E-state index in [2.05, 4.69) is 12.1 Å². The fraction of sp³-hybridized carbons (Fsp3) is 0.833. The molecule has 0 N–H and O–H groups in total. The molecule has 2 rings (SSSR count). The van der Waals surface area contributed by atoms with E-state index in [9.17, 15) is 4.79 Å². The van der Waals surface area contributed by atoms with Crippen molar-refractivity contribution in [2.45, 2.75) is 39.1 Å². The second-order valence-corrected chi connectivity index (χ2v) is 4.27. The number of esters is 1. The minimum Gasteiger partial charge on any atom is -0.461 e. The first-order valence-electron chi connectivity index (χ1n) is 6.42. The summed E-state index contributed by atoms with van der Waals surface area (Å²) in [5.74, 6) is -0.730. The van der Waals surface area contributed by atoms with Gasteiger partial charge in [0.1, 0.15) is 12.0 Å². The lowest BCUT2D eigenvalue weighted by Gasteiger charge is -2.22. The van der Waals surface area contributed by atoms with Gasteiger partial charge in [-0.15, -0.1) is 0 Å². The topological polar surface area (TPSA) is 66.4 Å². The molecule has 0 aliphatic carbocycles. The predicted octanol–water partition coefficient (Wildman–Crippen LogP) is 1.09. The van der Waals surface area contributed by atoms with E-state index in [1.54, 1.807) is 6.92 Å². The first-order chi connectivity index (χ1) is 8.77. The molecular weight excluding hydrogens is 238 g/mol. The highest BCUT2D eigenvalue weighted by Crippen LogP contribution is 2.30. The van der Waals surface area contributed by atoms with Crippen molar-refractivity contribution in [2.24, 2.45) is 11.1 Å². The quantitative estimate of drug-likeness (QED) is 0.690. The maximum Gasteiger partial charge on any atom is 0.356 e. The second kappa shape index (κ2) is 6.15. The van der Waals surface area contributed by atoms with Gasteiger partial charge in [-0.25, -0.2) is 4.79 Å². The van der Waals surface area contributed by atoms with Gasteiger partial charge in [0.2, 0.25) is 0 Å². The van der Waals surface area contributed by atoms with Gasteiger partial charge in [-0.1, -0.05) is 18.5 Å². The van der Waals surface area contributed by atoms with Crippen LogP contribution >= 0.6 is 0 Å². The van der Waals surface area contributed by atoms with Gasteiger partial charge in [-0.3, -0.25) is 0 Å². The first-order valence-corrected chi connectivity index (χ1v) is 6.42. The van der Waals surface area contributed by atoms with E-state index >= 15 is 0 Å². The van der Waals surface area contributed by atoms with Crippen LogP contribution in [0.15, 0.2) is 5.16 Å². The van der Waals surface area contributed by atoms with E-state index in [1.165, 1.54) is 0 Å². The fourth-order valence-corrected chi connectivity index (χ4v) is 2.21. The molecule has 2 unspecified atom stereocenters. The van der Waals surface area contributed by atoms with Crippen LogP contribution in [0, 0.1) is 5.92 Å². The fourth-order valence-electron chi connectivity index (χ4n) is 2.21. The molecule has 0 amide bonds. The van der Waals surface area contributed by atoms with Crippen molar-refractivity contribution < 1.29 is 23.8 Å². The van der Waals surface area contributed by atoms with Crippen LogP contribution in [0.3, 0.4) is 0 Å². The van der Waals surface area contributed by atoms with Crippen molar-refractivity contribution in [1.82, 2.24) is 0 Å². The summed E-state index contributed by atoms with van der Waals surface area (Å²) in [6.07, 6.45) is 1.13. The standard InChI is InChI=1S/C12H19NO5/c1-3-5-8-9(12-16-6-7-17-12)10(13-18-8)11(14)15-4-2/h8-9,12H,3-7H2,1-2H3. The Morgan fingerprint density at radius 3 is 2.72 bits per heavy atom. The van der Waals surface area contributed by atoms with Crippen molar-refractivity contribution in [3.05, 3.63) is 0 Å². The van der Waals surface area contributed by atoms with Crippen molar-refractivity contribution in [3.63, 3.8) is 0 Å². The third kappa shape index (κ3) is 2.64. The van der Waals surface area contributed by atoms with Crippen LogP contribution in [0.25, 0.3) is 0 Å².